The van der Waals surface area contributed by atoms with Gasteiger partial charge >= 0.3 is 0 Å². The zero-order valence-electron chi connectivity index (χ0n) is 14.3. The van der Waals surface area contributed by atoms with Crippen LogP contribution in [0.2, 0.25) is 5.02 Å². The van der Waals surface area contributed by atoms with Gasteiger partial charge in [-0.3, -0.25) is 14.7 Å². The van der Waals surface area contributed by atoms with E-state index in [1.54, 1.807) is 6.07 Å². The van der Waals surface area contributed by atoms with E-state index in [0.717, 1.165) is 37.2 Å². The van der Waals surface area contributed by atoms with Crippen LogP contribution >= 0.6 is 11.6 Å². The quantitative estimate of drug-likeness (QED) is 0.836. The molecule has 0 fully saturated rings. The van der Waals surface area contributed by atoms with E-state index in [0.29, 0.717) is 48.0 Å². The van der Waals surface area contributed by atoms with E-state index in [1.807, 2.05) is 4.90 Å². The molecule has 0 amide bonds. The van der Waals surface area contributed by atoms with E-state index in [9.17, 15) is 9.18 Å². The third-order valence-electron chi connectivity index (χ3n) is 4.82. The number of H-pyrrole nitrogens is 1. The van der Waals surface area contributed by atoms with Crippen molar-refractivity contribution in [2.45, 2.75) is 38.8 Å². The van der Waals surface area contributed by atoms with Gasteiger partial charge in [0.1, 0.15) is 0 Å². The minimum atomic E-state index is -0.530. The molecule has 2 aliphatic heterocycles. The van der Waals surface area contributed by atoms with Crippen LogP contribution in [0.5, 0.6) is 0 Å². The maximum Gasteiger partial charge on any atom is 0.255 e. The number of nitrogens with one attached hydrogen (secondary N) is 1. The van der Waals surface area contributed by atoms with E-state index in [2.05, 4.69) is 19.9 Å². The highest BCUT2D eigenvalue weighted by Gasteiger charge is 2.23. The largest absolute Gasteiger partial charge is 0.305 e. The number of rotatable bonds is 3. The van der Waals surface area contributed by atoms with Crippen LogP contribution in [0.4, 0.5) is 4.39 Å². The number of hydrogen-bond donors (Lipinski definition) is 1. The first-order valence-corrected chi connectivity index (χ1v) is 9.16. The summed E-state index contributed by atoms with van der Waals surface area (Å²) in [6.45, 7) is 2.27. The van der Waals surface area contributed by atoms with Gasteiger partial charge in [0.15, 0.2) is 5.82 Å². The topological polar surface area (TPSA) is 74.2 Å². The summed E-state index contributed by atoms with van der Waals surface area (Å²) in [7, 11) is 0. The van der Waals surface area contributed by atoms with Crippen LogP contribution in [0, 0.1) is 5.95 Å². The molecule has 0 aliphatic carbocycles. The summed E-state index contributed by atoms with van der Waals surface area (Å²) in [4.78, 5) is 30.2. The lowest BCUT2D eigenvalue weighted by molar-refractivity contribution is 0.237. The predicted octanol–water partition coefficient (Wildman–Crippen LogP) is 2.49. The van der Waals surface area contributed by atoms with Crippen LogP contribution in [0.3, 0.4) is 0 Å². The van der Waals surface area contributed by atoms with Gasteiger partial charge in [0, 0.05) is 44.4 Å². The van der Waals surface area contributed by atoms with Crippen molar-refractivity contribution in [1.82, 2.24) is 19.9 Å². The molecule has 0 unspecified atom stereocenters. The second kappa shape index (κ2) is 7.25. The highest BCUT2D eigenvalue weighted by atomic mass is 35.5. The van der Waals surface area contributed by atoms with Crippen LogP contribution in [0.15, 0.2) is 22.1 Å². The standard InChI is InChI=1S/C18H19ClFN5O/c19-12-7-11(16(20)22-8-12)9-25-6-4-14-13(10-25)18(26)24-17(23-14)15-3-1-2-5-21-15/h7-8H,1-6,9-10H2,(H,23,24,26). The molecule has 1 N–H and O–H groups in total. The molecule has 0 spiro atoms. The van der Waals surface area contributed by atoms with E-state index in [-0.39, 0.29) is 5.56 Å². The average molecular weight is 376 g/mol. The van der Waals surface area contributed by atoms with Crippen molar-refractivity contribution in [3.05, 3.63) is 56.2 Å². The van der Waals surface area contributed by atoms with Gasteiger partial charge in [0.25, 0.3) is 5.56 Å². The first kappa shape index (κ1) is 17.3. The van der Waals surface area contributed by atoms with E-state index < -0.39 is 5.95 Å². The molecule has 8 heteroatoms. The fourth-order valence-corrected chi connectivity index (χ4v) is 3.64. The number of fused-ring (bicyclic) bond motifs is 1. The molecule has 2 aliphatic rings. The van der Waals surface area contributed by atoms with Crippen LogP contribution in [0.1, 0.15) is 41.9 Å². The van der Waals surface area contributed by atoms with Crippen molar-refractivity contribution in [3.8, 4) is 0 Å². The Bertz CT molecular complexity index is 926. The Morgan fingerprint density at radius 3 is 3.00 bits per heavy atom. The zero-order valence-corrected chi connectivity index (χ0v) is 15.0. The second-order valence-corrected chi connectivity index (χ2v) is 7.13. The Labute approximate surface area is 155 Å². The number of nitrogens with zero attached hydrogens (tertiary/aromatic N) is 4. The summed E-state index contributed by atoms with van der Waals surface area (Å²) in [5, 5.41) is 0.399. The lowest BCUT2D eigenvalue weighted by Crippen LogP contribution is -2.36. The average Bonchev–Trinajstić information content (AvgIpc) is 2.66. The number of aliphatic imine (C=N–C) groups is 1. The molecule has 136 valence electrons. The van der Waals surface area contributed by atoms with Gasteiger partial charge in [-0.2, -0.15) is 4.39 Å². The molecule has 4 heterocycles. The van der Waals surface area contributed by atoms with Gasteiger partial charge in [-0.15, -0.1) is 0 Å². The Kier molecular flexibility index (Phi) is 4.82. The molecule has 6 nitrogen and oxygen atoms in total. The molecule has 0 aromatic carbocycles. The van der Waals surface area contributed by atoms with Crippen molar-refractivity contribution in [2.75, 3.05) is 13.1 Å². The third-order valence-corrected chi connectivity index (χ3v) is 5.02. The Balaban J connectivity index is 1.56. The summed E-state index contributed by atoms with van der Waals surface area (Å²) in [5.41, 5.74) is 2.65. The minimum Gasteiger partial charge on any atom is -0.305 e. The Morgan fingerprint density at radius 1 is 1.31 bits per heavy atom. The molecule has 2 aromatic rings. The fourth-order valence-electron chi connectivity index (χ4n) is 3.46. The molecule has 0 saturated heterocycles. The molecular weight excluding hydrogens is 357 g/mol. The van der Waals surface area contributed by atoms with E-state index in [4.69, 9.17) is 11.6 Å². The monoisotopic (exact) mass is 375 g/mol. The number of pyridine rings is 1. The van der Waals surface area contributed by atoms with Gasteiger partial charge in [0.05, 0.1) is 22.0 Å². The lowest BCUT2D eigenvalue weighted by Gasteiger charge is -2.28. The lowest BCUT2D eigenvalue weighted by atomic mass is 10.0. The predicted molar refractivity (Wildman–Crippen MR) is 97.1 cm³/mol. The fraction of sp³-hybridized carbons (Fsp3) is 0.444. The minimum absolute atomic E-state index is 0.132. The summed E-state index contributed by atoms with van der Waals surface area (Å²) < 4.78 is 13.9. The van der Waals surface area contributed by atoms with Crippen LogP contribution in [-0.2, 0) is 19.5 Å². The van der Waals surface area contributed by atoms with Crippen LogP contribution in [-0.4, -0.2) is 38.7 Å². The molecule has 0 radical (unpaired) electrons. The van der Waals surface area contributed by atoms with Gasteiger partial charge < -0.3 is 4.98 Å². The third kappa shape index (κ3) is 3.54. The molecule has 26 heavy (non-hydrogen) atoms. The summed E-state index contributed by atoms with van der Waals surface area (Å²) in [6, 6.07) is 1.58. The van der Waals surface area contributed by atoms with E-state index in [1.165, 1.54) is 6.20 Å². The van der Waals surface area contributed by atoms with Crippen molar-refractivity contribution in [3.63, 3.8) is 0 Å². The van der Waals surface area contributed by atoms with E-state index >= 15 is 0 Å². The molecule has 0 saturated carbocycles. The Morgan fingerprint density at radius 2 is 2.19 bits per heavy atom. The zero-order chi connectivity index (χ0) is 18.1. The first-order chi connectivity index (χ1) is 12.6. The highest BCUT2D eigenvalue weighted by Crippen LogP contribution is 2.20. The van der Waals surface area contributed by atoms with Crippen LogP contribution < -0.4 is 5.56 Å². The molecule has 2 aromatic heterocycles. The van der Waals surface area contributed by atoms with Crippen LogP contribution in [0.25, 0.3) is 0 Å². The van der Waals surface area contributed by atoms with Gasteiger partial charge in [-0.25, -0.2) is 9.97 Å². The molecular formula is C18H19ClFN5O. The highest BCUT2D eigenvalue weighted by molar-refractivity contribution is 6.30. The maximum atomic E-state index is 13.9. The number of aromatic nitrogens is 3. The number of halogens is 2. The summed E-state index contributed by atoms with van der Waals surface area (Å²) in [5.74, 6) is 0.0740. The second-order valence-electron chi connectivity index (χ2n) is 6.69. The smallest absolute Gasteiger partial charge is 0.255 e. The van der Waals surface area contributed by atoms with Gasteiger partial charge in [-0.1, -0.05) is 11.6 Å². The maximum absolute atomic E-state index is 13.9. The summed E-state index contributed by atoms with van der Waals surface area (Å²) in [6.07, 6.45) is 4.95. The van der Waals surface area contributed by atoms with Crippen molar-refractivity contribution in [1.29, 1.82) is 0 Å². The number of hydrogen-bond acceptors (Lipinski definition) is 5. The normalized spacial score (nSPS) is 17.7. The SMILES string of the molecule is O=c1[nH]c(C2=NCCCC2)nc2c1CN(Cc1cc(Cl)cnc1F)CC2. The molecule has 0 bridgehead atoms. The van der Waals surface area contributed by atoms with Crippen molar-refractivity contribution < 1.29 is 4.39 Å². The number of aromatic amines is 1. The van der Waals surface area contributed by atoms with Crippen molar-refractivity contribution >= 4 is 17.3 Å². The van der Waals surface area contributed by atoms with Gasteiger partial charge in [0.2, 0.25) is 5.95 Å². The Hall–Kier alpha value is -2.12. The summed E-state index contributed by atoms with van der Waals surface area (Å²) >= 11 is 5.91. The molecule has 4 rings (SSSR count). The first-order valence-electron chi connectivity index (χ1n) is 8.78. The van der Waals surface area contributed by atoms with Gasteiger partial charge in [-0.05, 0) is 25.3 Å². The van der Waals surface area contributed by atoms with Crippen molar-refractivity contribution in [2.24, 2.45) is 4.99 Å². The molecule has 0 atom stereocenters.